The standard InChI is InChI=1S/C13H10N4OS/c14-10-9-6-7-15-17-13(9)19-11(10)12(18)16-8-4-2-1-3-5-8/h1-7H,14H2,(H,16,18). The molecule has 2 heterocycles. The number of benzene rings is 1. The van der Waals surface area contributed by atoms with Gasteiger partial charge in [0.2, 0.25) is 0 Å². The van der Waals surface area contributed by atoms with Gasteiger partial charge in [0.05, 0.1) is 11.9 Å². The summed E-state index contributed by atoms with van der Waals surface area (Å²) in [5.74, 6) is -0.230. The van der Waals surface area contributed by atoms with Crippen LogP contribution in [0.1, 0.15) is 9.67 Å². The zero-order valence-electron chi connectivity index (χ0n) is 9.83. The van der Waals surface area contributed by atoms with E-state index in [1.807, 2.05) is 30.3 Å². The first-order valence-corrected chi connectivity index (χ1v) is 6.43. The quantitative estimate of drug-likeness (QED) is 0.749. The Morgan fingerprint density at radius 3 is 2.74 bits per heavy atom. The second-order valence-electron chi connectivity index (χ2n) is 3.92. The number of nitrogens with zero attached hydrogens (tertiary/aromatic N) is 2. The van der Waals surface area contributed by atoms with Crippen molar-refractivity contribution in [3.05, 3.63) is 47.5 Å². The molecule has 0 fully saturated rings. The molecule has 0 spiro atoms. The van der Waals surface area contributed by atoms with Crippen molar-refractivity contribution in [1.29, 1.82) is 0 Å². The maximum atomic E-state index is 12.2. The largest absolute Gasteiger partial charge is 0.397 e. The van der Waals surface area contributed by atoms with Crippen LogP contribution in [0.4, 0.5) is 11.4 Å². The molecule has 0 radical (unpaired) electrons. The van der Waals surface area contributed by atoms with Gasteiger partial charge in [-0.1, -0.05) is 18.2 Å². The number of anilines is 2. The topological polar surface area (TPSA) is 80.9 Å². The van der Waals surface area contributed by atoms with E-state index in [0.29, 0.717) is 15.4 Å². The maximum Gasteiger partial charge on any atom is 0.267 e. The minimum Gasteiger partial charge on any atom is -0.397 e. The van der Waals surface area contributed by atoms with Crippen molar-refractivity contribution in [2.24, 2.45) is 0 Å². The minimum atomic E-state index is -0.230. The van der Waals surface area contributed by atoms with Gasteiger partial charge in [0.15, 0.2) is 0 Å². The highest BCUT2D eigenvalue weighted by atomic mass is 32.1. The normalized spacial score (nSPS) is 10.5. The molecule has 1 amide bonds. The highest BCUT2D eigenvalue weighted by Gasteiger charge is 2.17. The van der Waals surface area contributed by atoms with Crippen molar-refractivity contribution >= 4 is 38.8 Å². The van der Waals surface area contributed by atoms with Crippen molar-refractivity contribution in [3.8, 4) is 0 Å². The number of rotatable bonds is 2. The highest BCUT2D eigenvalue weighted by molar-refractivity contribution is 7.21. The van der Waals surface area contributed by atoms with Gasteiger partial charge in [-0.15, -0.1) is 16.4 Å². The van der Waals surface area contributed by atoms with Crippen LogP contribution < -0.4 is 11.1 Å². The van der Waals surface area contributed by atoms with Crippen molar-refractivity contribution in [3.63, 3.8) is 0 Å². The van der Waals surface area contributed by atoms with Crippen molar-refractivity contribution in [2.75, 3.05) is 11.1 Å². The Kier molecular flexibility index (Phi) is 2.85. The van der Waals surface area contributed by atoms with Crippen LogP contribution in [0.25, 0.3) is 10.2 Å². The number of aromatic nitrogens is 2. The summed E-state index contributed by atoms with van der Waals surface area (Å²) >= 11 is 1.24. The Hall–Kier alpha value is -2.47. The van der Waals surface area contributed by atoms with Gasteiger partial charge in [0.25, 0.3) is 5.91 Å². The van der Waals surface area contributed by atoms with Gasteiger partial charge in [0.1, 0.15) is 9.71 Å². The highest BCUT2D eigenvalue weighted by Crippen LogP contribution is 2.31. The zero-order valence-corrected chi connectivity index (χ0v) is 10.6. The number of hydrogen-bond donors (Lipinski definition) is 2. The number of hydrogen-bond acceptors (Lipinski definition) is 5. The summed E-state index contributed by atoms with van der Waals surface area (Å²) in [6.45, 7) is 0. The Morgan fingerprint density at radius 1 is 1.21 bits per heavy atom. The maximum absolute atomic E-state index is 12.2. The molecule has 6 heteroatoms. The molecule has 0 aliphatic rings. The lowest BCUT2D eigenvalue weighted by molar-refractivity contribution is 0.103. The van der Waals surface area contributed by atoms with Gasteiger partial charge in [-0.2, -0.15) is 5.10 Å². The number of carbonyl (C=O) groups excluding carboxylic acids is 1. The molecule has 1 aromatic carbocycles. The lowest BCUT2D eigenvalue weighted by atomic mass is 10.2. The Labute approximate surface area is 113 Å². The van der Waals surface area contributed by atoms with Crippen LogP contribution in [-0.4, -0.2) is 16.1 Å². The molecule has 0 aliphatic heterocycles. The van der Waals surface area contributed by atoms with Crippen LogP contribution in [0, 0.1) is 0 Å². The number of nitrogens with two attached hydrogens (primary N) is 1. The van der Waals surface area contributed by atoms with E-state index in [2.05, 4.69) is 15.5 Å². The molecule has 0 bridgehead atoms. The van der Waals surface area contributed by atoms with E-state index in [-0.39, 0.29) is 5.91 Å². The number of nitrogen functional groups attached to an aromatic ring is 1. The Balaban J connectivity index is 1.96. The van der Waals surface area contributed by atoms with Crippen molar-refractivity contribution < 1.29 is 4.79 Å². The summed E-state index contributed by atoms with van der Waals surface area (Å²) in [7, 11) is 0. The molecule has 19 heavy (non-hydrogen) atoms. The lowest BCUT2D eigenvalue weighted by Crippen LogP contribution is -2.11. The first-order chi connectivity index (χ1) is 9.25. The summed E-state index contributed by atoms with van der Waals surface area (Å²) in [5, 5.41) is 11.3. The van der Waals surface area contributed by atoms with E-state index >= 15 is 0 Å². The number of para-hydroxylation sites is 1. The molecular weight excluding hydrogens is 260 g/mol. The number of nitrogens with one attached hydrogen (secondary N) is 1. The minimum absolute atomic E-state index is 0.230. The molecule has 0 unspecified atom stereocenters. The molecular formula is C13H10N4OS. The van der Waals surface area contributed by atoms with Crippen LogP contribution in [0.2, 0.25) is 0 Å². The predicted molar refractivity (Wildman–Crippen MR) is 76.2 cm³/mol. The molecule has 94 valence electrons. The van der Waals surface area contributed by atoms with Gasteiger partial charge in [-0.3, -0.25) is 4.79 Å². The van der Waals surface area contributed by atoms with Crippen LogP contribution in [-0.2, 0) is 0 Å². The van der Waals surface area contributed by atoms with Crippen molar-refractivity contribution in [1.82, 2.24) is 10.2 Å². The number of amides is 1. The van der Waals surface area contributed by atoms with Gasteiger partial charge in [-0.25, -0.2) is 0 Å². The zero-order chi connectivity index (χ0) is 13.2. The first-order valence-electron chi connectivity index (χ1n) is 5.62. The SMILES string of the molecule is Nc1c(C(=O)Nc2ccccc2)sc2nnccc12. The third kappa shape index (κ3) is 2.13. The average molecular weight is 270 g/mol. The van der Waals surface area contributed by atoms with E-state index in [1.54, 1.807) is 12.3 Å². The van der Waals surface area contributed by atoms with E-state index in [0.717, 1.165) is 11.1 Å². The number of carbonyl (C=O) groups is 1. The fourth-order valence-electron chi connectivity index (χ4n) is 1.75. The van der Waals surface area contributed by atoms with Crippen molar-refractivity contribution in [2.45, 2.75) is 0 Å². The number of fused-ring (bicyclic) bond motifs is 1. The summed E-state index contributed by atoms with van der Waals surface area (Å²) in [6.07, 6.45) is 1.56. The smallest absolute Gasteiger partial charge is 0.267 e. The third-order valence-corrected chi connectivity index (χ3v) is 3.76. The van der Waals surface area contributed by atoms with E-state index in [4.69, 9.17) is 5.73 Å². The summed E-state index contributed by atoms with van der Waals surface area (Å²) in [6, 6.07) is 11.0. The molecule has 5 nitrogen and oxygen atoms in total. The molecule has 2 aromatic heterocycles. The summed E-state index contributed by atoms with van der Waals surface area (Å²) in [4.78, 5) is 13.3. The Bertz CT molecular complexity index is 739. The van der Waals surface area contributed by atoms with Crippen LogP contribution in [0.3, 0.4) is 0 Å². The molecule has 0 atom stereocenters. The van der Waals surface area contributed by atoms with Crippen LogP contribution in [0.15, 0.2) is 42.6 Å². The van der Waals surface area contributed by atoms with Crippen LogP contribution >= 0.6 is 11.3 Å². The lowest BCUT2D eigenvalue weighted by Gasteiger charge is -2.03. The van der Waals surface area contributed by atoms with Gasteiger partial charge in [0, 0.05) is 11.1 Å². The van der Waals surface area contributed by atoms with Gasteiger partial charge < -0.3 is 11.1 Å². The van der Waals surface area contributed by atoms with Gasteiger partial charge >= 0.3 is 0 Å². The van der Waals surface area contributed by atoms with E-state index in [1.165, 1.54) is 11.3 Å². The average Bonchev–Trinajstić information content (AvgIpc) is 2.78. The van der Waals surface area contributed by atoms with Gasteiger partial charge in [-0.05, 0) is 18.2 Å². The van der Waals surface area contributed by atoms with E-state index in [9.17, 15) is 4.79 Å². The fraction of sp³-hybridized carbons (Fsp3) is 0. The molecule has 0 saturated heterocycles. The monoisotopic (exact) mass is 270 g/mol. The second kappa shape index (κ2) is 4.66. The first kappa shape index (κ1) is 11.6. The third-order valence-electron chi connectivity index (χ3n) is 2.66. The number of thiophene rings is 1. The Morgan fingerprint density at radius 2 is 2.00 bits per heavy atom. The summed E-state index contributed by atoms with van der Waals surface area (Å²) in [5.41, 5.74) is 7.15. The molecule has 3 rings (SSSR count). The predicted octanol–water partition coefficient (Wildman–Crippen LogP) is 2.53. The molecule has 0 saturated carbocycles. The van der Waals surface area contributed by atoms with Crippen LogP contribution in [0.5, 0.6) is 0 Å². The molecule has 3 N–H and O–H groups in total. The molecule has 0 aliphatic carbocycles. The summed E-state index contributed by atoms with van der Waals surface area (Å²) < 4.78 is 0. The fourth-order valence-corrected chi connectivity index (χ4v) is 2.68. The van der Waals surface area contributed by atoms with E-state index < -0.39 is 0 Å². The molecule has 3 aromatic rings. The second-order valence-corrected chi connectivity index (χ2v) is 4.91.